The summed E-state index contributed by atoms with van der Waals surface area (Å²) in [4.78, 5) is 27.6. The third-order valence-corrected chi connectivity index (χ3v) is 6.72. The Morgan fingerprint density at radius 2 is 1.89 bits per heavy atom. The molecule has 4 rings (SSSR count). The second-order valence-corrected chi connectivity index (χ2v) is 9.10. The van der Waals surface area contributed by atoms with Crippen molar-refractivity contribution in [1.29, 1.82) is 0 Å². The average molecular weight is 526 g/mol. The fraction of sp³-hybridized carbons (Fsp3) is 0.286. The van der Waals surface area contributed by atoms with Crippen molar-refractivity contribution in [2.45, 2.75) is 38.8 Å². The Morgan fingerprint density at radius 1 is 1.16 bits per heavy atom. The maximum Gasteiger partial charge on any atom is 0.278 e. The molecule has 0 radical (unpaired) electrons. The predicted octanol–water partition coefficient (Wildman–Crippen LogP) is 5.24. The number of aromatic hydroxyl groups is 1. The van der Waals surface area contributed by atoms with Crippen LogP contribution in [0, 0.1) is 5.82 Å². The highest BCUT2D eigenvalue weighted by molar-refractivity contribution is 6.30. The third-order valence-electron chi connectivity index (χ3n) is 6.43. The molecule has 1 amide bonds. The molecule has 0 spiro atoms. The molecule has 194 valence electrons. The summed E-state index contributed by atoms with van der Waals surface area (Å²) in [5.74, 6) is -1.85. The van der Waals surface area contributed by atoms with E-state index in [4.69, 9.17) is 16.3 Å². The quantitative estimate of drug-likeness (QED) is 0.387. The summed E-state index contributed by atoms with van der Waals surface area (Å²) in [6, 6.07) is 12.7. The first-order valence-corrected chi connectivity index (χ1v) is 12.5. The predicted molar refractivity (Wildman–Crippen MR) is 141 cm³/mol. The van der Waals surface area contributed by atoms with Crippen LogP contribution in [0.1, 0.15) is 54.3 Å². The molecule has 1 aromatic heterocycles. The van der Waals surface area contributed by atoms with E-state index >= 15 is 4.39 Å². The minimum atomic E-state index is -0.690. The molecule has 0 saturated heterocycles. The molecule has 2 heterocycles. The Balaban J connectivity index is 2.01. The first-order chi connectivity index (χ1) is 17.8. The van der Waals surface area contributed by atoms with Gasteiger partial charge in [-0.15, -0.1) is 6.58 Å². The molecular formula is C28H29ClFN3O4. The highest BCUT2D eigenvalue weighted by atomic mass is 35.5. The first kappa shape index (κ1) is 26.3. The van der Waals surface area contributed by atoms with E-state index in [0.29, 0.717) is 12.0 Å². The lowest BCUT2D eigenvalue weighted by atomic mass is 9.96. The lowest BCUT2D eigenvalue weighted by Gasteiger charge is -2.46. The van der Waals surface area contributed by atoms with Gasteiger partial charge in [0.1, 0.15) is 12.7 Å². The van der Waals surface area contributed by atoms with Crippen molar-refractivity contribution < 1.29 is 19.0 Å². The molecule has 1 N–H and O–H groups in total. The summed E-state index contributed by atoms with van der Waals surface area (Å²) in [6.07, 6.45) is 4.54. The number of rotatable bonds is 9. The molecule has 7 nitrogen and oxygen atoms in total. The molecule has 1 aliphatic rings. The zero-order valence-corrected chi connectivity index (χ0v) is 21.5. The number of amides is 1. The topological polar surface area (TPSA) is 75.0 Å². The zero-order valence-electron chi connectivity index (χ0n) is 20.7. The van der Waals surface area contributed by atoms with Gasteiger partial charge in [-0.05, 0) is 25.0 Å². The summed E-state index contributed by atoms with van der Waals surface area (Å²) < 4.78 is 22.5. The summed E-state index contributed by atoms with van der Waals surface area (Å²) >= 11 is 6.11. The van der Waals surface area contributed by atoms with Crippen molar-refractivity contribution in [3.63, 3.8) is 0 Å². The van der Waals surface area contributed by atoms with Gasteiger partial charge in [-0.1, -0.05) is 67.4 Å². The summed E-state index contributed by atoms with van der Waals surface area (Å²) in [7, 11) is 0. The molecule has 2 atom stereocenters. The van der Waals surface area contributed by atoms with Crippen LogP contribution in [0.3, 0.4) is 0 Å². The second kappa shape index (κ2) is 11.1. The van der Waals surface area contributed by atoms with Crippen LogP contribution in [0.4, 0.5) is 4.39 Å². The lowest BCUT2D eigenvalue weighted by Crippen LogP contribution is -2.57. The van der Waals surface area contributed by atoms with Gasteiger partial charge in [0.15, 0.2) is 23.0 Å². The van der Waals surface area contributed by atoms with Crippen molar-refractivity contribution in [3.05, 3.63) is 105 Å². The molecule has 37 heavy (non-hydrogen) atoms. The molecule has 0 fully saturated rings. The largest absolute Gasteiger partial charge is 0.502 e. The van der Waals surface area contributed by atoms with Gasteiger partial charge >= 0.3 is 0 Å². The van der Waals surface area contributed by atoms with Crippen molar-refractivity contribution in [1.82, 2.24) is 9.58 Å². The summed E-state index contributed by atoms with van der Waals surface area (Å²) in [5, 5.41) is 12.5. The number of carbonyl (C=O) groups is 1. The van der Waals surface area contributed by atoms with E-state index in [1.54, 1.807) is 29.0 Å². The molecule has 3 aromatic rings. The Labute approximate surface area is 219 Å². The maximum absolute atomic E-state index is 15.3. The number of pyridine rings is 1. The van der Waals surface area contributed by atoms with E-state index < -0.39 is 28.9 Å². The molecule has 0 aliphatic carbocycles. The smallest absolute Gasteiger partial charge is 0.278 e. The van der Waals surface area contributed by atoms with E-state index in [1.165, 1.54) is 23.0 Å². The minimum Gasteiger partial charge on any atom is -0.502 e. The van der Waals surface area contributed by atoms with Crippen molar-refractivity contribution >= 4 is 17.5 Å². The normalized spacial score (nSPS) is 14.8. The van der Waals surface area contributed by atoms with Crippen LogP contribution in [0.5, 0.6) is 11.5 Å². The number of hydrogen-bond acceptors (Lipinski definition) is 5. The van der Waals surface area contributed by atoms with Gasteiger partial charge in [-0.3, -0.25) is 19.3 Å². The Bertz CT molecular complexity index is 1360. The van der Waals surface area contributed by atoms with Gasteiger partial charge in [0.25, 0.3) is 5.91 Å². The highest BCUT2D eigenvalue weighted by Crippen LogP contribution is 2.40. The SMILES string of the molecule is C=C[C@H](CCC)N1CN([C@H](c2ccccc2)c2ccc(Cl)c(F)c2OCC)n2ccc(=O)c(O)c2C1=O. The number of ether oxygens (including phenoxy) is 1. The number of aromatic nitrogens is 1. The highest BCUT2D eigenvalue weighted by Gasteiger charge is 2.39. The van der Waals surface area contributed by atoms with E-state index in [1.807, 2.05) is 37.3 Å². The Hall–Kier alpha value is -3.78. The monoisotopic (exact) mass is 525 g/mol. The van der Waals surface area contributed by atoms with Gasteiger partial charge in [0.05, 0.1) is 17.7 Å². The van der Waals surface area contributed by atoms with E-state index in [0.717, 1.165) is 12.0 Å². The number of hydrogen-bond donors (Lipinski definition) is 1. The van der Waals surface area contributed by atoms with Crippen LogP contribution in [-0.4, -0.2) is 39.9 Å². The molecule has 0 unspecified atom stereocenters. The first-order valence-electron chi connectivity index (χ1n) is 12.1. The number of fused-ring (bicyclic) bond motifs is 1. The lowest BCUT2D eigenvalue weighted by molar-refractivity contribution is 0.0621. The molecule has 0 bridgehead atoms. The zero-order chi connectivity index (χ0) is 26.7. The van der Waals surface area contributed by atoms with Gasteiger partial charge in [0.2, 0.25) is 5.43 Å². The Kier molecular flexibility index (Phi) is 7.88. The van der Waals surface area contributed by atoms with Crippen LogP contribution in [-0.2, 0) is 0 Å². The van der Waals surface area contributed by atoms with Crippen molar-refractivity contribution in [2.75, 3.05) is 18.3 Å². The Morgan fingerprint density at radius 3 is 2.54 bits per heavy atom. The van der Waals surface area contributed by atoms with Crippen molar-refractivity contribution in [2.24, 2.45) is 0 Å². The summed E-state index contributed by atoms with van der Waals surface area (Å²) in [5.41, 5.74) is 0.402. The number of benzene rings is 2. The van der Waals surface area contributed by atoms with Gasteiger partial charge < -0.3 is 14.7 Å². The van der Waals surface area contributed by atoms with E-state index in [9.17, 15) is 14.7 Å². The molecule has 9 heteroatoms. The van der Waals surface area contributed by atoms with Gasteiger partial charge in [0, 0.05) is 17.8 Å². The van der Waals surface area contributed by atoms with Crippen LogP contribution in [0.25, 0.3) is 0 Å². The van der Waals surface area contributed by atoms with Gasteiger partial charge in [-0.25, -0.2) is 4.39 Å². The van der Waals surface area contributed by atoms with Crippen LogP contribution in [0.2, 0.25) is 5.02 Å². The number of halogens is 2. The molecule has 2 aromatic carbocycles. The molecule has 1 aliphatic heterocycles. The second-order valence-electron chi connectivity index (χ2n) is 8.70. The minimum absolute atomic E-state index is 0.00653. The van der Waals surface area contributed by atoms with Crippen LogP contribution >= 0.6 is 11.6 Å². The van der Waals surface area contributed by atoms with Crippen molar-refractivity contribution in [3.8, 4) is 11.5 Å². The standard InChI is InChI=1S/C28H29ClFN3O4/c1-4-10-19(5-2)31-17-33(32-16-15-22(34)26(35)25(32)28(31)36)24(18-11-8-7-9-12-18)20-13-14-21(29)23(30)27(20)37-6-3/h5,7-9,11-16,19,24,35H,2,4,6,10,17H2,1,3H3/t19-,24-/m1/s1. The third kappa shape index (κ3) is 4.81. The fourth-order valence-corrected chi connectivity index (χ4v) is 4.86. The maximum atomic E-state index is 15.3. The molecule has 0 saturated carbocycles. The summed E-state index contributed by atoms with van der Waals surface area (Å²) in [6.45, 7) is 7.92. The van der Waals surface area contributed by atoms with Gasteiger partial charge in [-0.2, -0.15) is 0 Å². The van der Waals surface area contributed by atoms with E-state index in [2.05, 4.69) is 6.58 Å². The van der Waals surface area contributed by atoms with E-state index in [-0.39, 0.29) is 35.8 Å². The number of carbonyl (C=O) groups excluding carboxylic acids is 1. The van der Waals surface area contributed by atoms with Crippen LogP contribution in [0.15, 0.2) is 72.2 Å². The molecular weight excluding hydrogens is 497 g/mol. The average Bonchev–Trinajstić information content (AvgIpc) is 2.90. The fourth-order valence-electron chi connectivity index (χ4n) is 4.71. The van der Waals surface area contributed by atoms with Crippen LogP contribution < -0.4 is 15.2 Å². The number of nitrogens with zero attached hydrogens (tertiary/aromatic N) is 3.